The summed E-state index contributed by atoms with van der Waals surface area (Å²) in [6.45, 7) is 2.40. The predicted octanol–water partition coefficient (Wildman–Crippen LogP) is 1.93. The van der Waals surface area contributed by atoms with Gasteiger partial charge in [-0.3, -0.25) is 0 Å². The molecule has 1 fully saturated rings. The maximum absolute atomic E-state index is 10.7. The summed E-state index contributed by atoms with van der Waals surface area (Å²) in [7, 11) is 0. The van der Waals surface area contributed by atoms with Gasteiger partial charge >= 0.3 is 5.97 Å². The molecule has 0 amide bonds. The van der Waals surface area contributed by atoms with Crippen molar-refractivity contribution in [1.82, 2.24) is 5.32 Å². The Balaban J connectivity index is 1.90. The smallest absolute Gasteiger partial charge is 0.371 e. The van der Waals surface area contributed by atoms with E-state index in [-0.39, 0.29) is 11.8 Å². The second-order valence-electron chi connectivity index (χ2n) is 5.04. The second-order valence-corrected chi connectivity index (χ2v) is 5.04. The highest BCUT2D eigenvalue weighted by atomic mass is 16.4. The van der Waals surface area contributed by atoms with Gasteiger partial charge in [-0.2, -0.15) is 0 Å². The first-order valence-corrected chi connectivity index (χ1v) is 6.29. The van der Waals surface area contributed by atoms with Gasteiger partial charge in [-0.15, -0.1) is 0 Å². The van der Waals surface area contributed by atoms with Crippen LogP contribution in [0.2, 0.25) is 0 Å². The normalized spacial score (nSPS) is 19.9. The number of aliphatic hydroxyl groups is 1. The van der Waals surface area contributed by atoms with Gasteiger partial charge in [0.1, 0.15) is 5.76 Å². The summed E-state index contributed by atoms with van der Waals surface area (Å²) in [5, 5.41) is 22.2. The standard InChI is InChI=1S/C13H19NO4/c1-9(10-4-5-11(18-10)12(15)16)14-8-13(17)6-2-3-7-13/h4-5,9,14,17H,2-3,6-8H2,1H3,(H,15,16). The molecule has 1 aliphatic rings. The third-order valence-corrected chi connectivity index (χ3v) is 3.54. The maximum Gasteiger partial charge on any atom is 0.371 e. The minimum absolute atomic E-state index is 0.0572. The molecule has 1 atom stereocenters. The second kappa shape index (κ2) is 5.12. The van der Waals surface area contributed by atoms with Crippen molar-refractivity contribution in [2.45, 2.75) is 44.2 Å². The fraction of sp³-hybridized carbons (Fsp3) is 0.615. The van der Waals surface area contributed by atoms with Crippen molar-refractivity contribution < 1.29 is 19.4 Å². The molecule has 1 saturated carbocycles. The van der Waals surface area contributed by atoms with Crippen LogP contribution in [-0.2, 0) is 0 Å². The van der Waals surface area contributed by atoms with Crippen LogP contribution in [0.25, 0.3) is 0 Å². The lowest BCUT2D eigenvalue weighted by molar-refractivity contribution is 0.0444. The summed E-state index contributed by atoms with van der Waals surface area (Å²) >= 11 is 0. The minimum Gasteiger partial charge on any atom is -0.475 e. The summed E-state index contributed by atoms with van der Waals surface area (Å²) in [5.74, 6) is -0.546. The van der Waals surface area contributed by atoms with Crippen molar-refractivity contribution in [2.24, 2.45) is 0 Å². The predicted molar refractivity (Wildman–Crippen MR) is 65.5 cm³/mol. The van der Waals surface area contributed by atoms with E-state index < -0.39 is 11.6 Å². The van der Waals surface area contributed by atoms with Crippen molar-refractivity contribution in [3.05, 3.63) is 23.7 Å². The Bertz CT molecular complexity index is 420. The third kappa shape index (κ3) is 2.91. The van der Waals surface area contributed by atoms with E-state index >= 15 is 0 Å². The number of hydrogen-bond donors (Lipinski definition) is 3. The summed E-state index contributed by atoms with van der Waals surface area (Å²) in [4.78, 5) is 10.7. The SMILES string of the molecule is CC(NCC1(O)CCCC1)c1ccc(C(=O)O)o1. The van der Waals surface area contributed by atoms with Crippen LogP contribution in [0.5, 0.6) is 0 Å². The van der Waals surface area contributed by atoms with E-state index in [4.69, 9.17) is 9.52 Å². The molecule has 1 aromatic rings. The van der Waals surface area contributed by atoms with E-state index in [0.29, 0.717) is 12.3 Å². The van der Waals surface area contributed by atoms with Gasteiger partial charge in [-0.1, -0.05) is 12.8 Å². The first kappa shape index (κ1) is 13.1. The Labute approximate surface area is 106 Å². The molecule has 0 aliphatic heterocycles. The molecule has 0 aromatic carbocycles. The summed E-state index contributed by atoms with van der Waals surface area (Å²) < 4.78 is 5.21. The van der Waals surface area contributed by atoms with Gasteiger partial charge in [0.2, 0.25) is 5.76 Å². The summed E-state index contributed by atoms with van der Waals surface area (Å²) in [6, 6.07) is 2.99. The van der Waals surface area contributed by atoms with Crippen molar-refractivity contribution in [1.29, 1.82) is 0 Å². The summed E-state index contributed by atoms with van der Waals surface area (Å²) in [5.41, 5.74) is -0.615. The van der Waals surface area contributed by atoms with E-state index in [0.717, 1.165) is 25.7 Å². The Kier molecular flexibility index (Phi) is 3.73. The highest BCUT2D eigenvalue weighted by Crippen LogP contribution is 2.29. The quantitative estimate of drug-likeness (QED) is 0.747. The molecular formula is C13H19NO4. The molecule has 0 spiro atoms. The lowest BCUT2D eigenvalue weighted by Crippen LogP contribution is -2.38. The molecule has 3 N–H and O–H groups in total. The third-order valence-electron chi connectivity index (χ3n) is 3.54. The fourth-order valence-corrected chi connectivity index (χ4v) is 2.35. The van der Waals surface area contributed by atoms with Gasteiger partial charge < -0.3 is 19.9 Å². The van der Waals surface area contributed by atoms with Gasteiger partial charge in [0.15, 0.2) is 0 Å². The number of carboxylic acid groups (broad SMARTS) is 1. The number of rotatable bonds is 5. The number of hydrogen-bond acceptors (Lipinski definition) is 4. The zero-order valence-electron chi connectivity index (χ0n) is 10.5. The zero-order valence-corrected chi connectivity index (χ0v) is 10.5. The molecule has 0 bridgehead atoms. The van der Waals surface area contributed by atoms with Crippen LogP contribution in [-0.4, -0.2) is 28.3 Å². The Morgan fingerprint density at radius 1 is 1.50 bits per heavy atom. The van der Waals surface area contributed by atoms with Crippen LogP contribution in [0, 0.1) is 0 Å². The summed E-state index contributed by atoms with van der Waals surface area (Å²) in [6.07, 6.45) is 3.78. The van der Waals surface area contributed by atoms with E-state index in [2.05, 4.69) is 5.32 Å². The monoisotopic (exact) mass is 253 g/mol. The van der Waals surface area contributed by atoms with E-state index in [9.17, 15) is 9.90 Å². The molecule has 1 aromatic heterocycles. The van der Waals surface area contributed by atoms with E-state index in [1.165, 1.54) is 6.07 Å². The first-order chi connectivity index (χ1) is 8.50. The molecule has 1 unspecified atom stereocenters. The van der Waals surface area contributed by atoms with Crippen LogP contribution in [0.4, 0.5) is 0 Å². The topological polar surface area (TPSA) is 82.7 Å². The van der Waals surface area contributed by atoms with Gasteiger partial charge in [0.05, 0.1) is 11.6 Å². The molecule has 1 heterocycles. The van der Waals surface area contributed by atoms with Crippen molar-refractivity contribution in [3.8, 4) is 0 Å². The average molecular weight is 253 g/mol. The Morgan fingerprint density at radius 3 is 2.72 bits per heavy atom. The zero-order chi connectivity index (χ0) is 13.2. The van der Waals surface area contributed by atoms with Gasteiger partial charge in [0, 0.05) is 6.54 Å². The molecule has 18 heavy (non-hydrogen) atoms. The fourth-order valence-electron chi connectivity index (χ4n) is 2.35. The molecular weight excluding hydrogens is 234 g/mol. The van der Waals surface area contributed by atoms with Crippen LogP contribution in [0.15, 0.2) is 16.5 Å². The lowest BCUT2D eigenvalue weighted by Gasteiger charge is -2.24. The van der Waals surface area contributed by atoms with Crippen LogP contribution in [0.3, 0.4) is 0 Å². The van der Waals surface area contributed by atoms with Crippen molar-refractivity contribution >= 4 is 5.97 Å². The maximum atomic E-state index is 10.7. The van der Waals surface area contributed by atoms with Gasteiger partial charge in [-0.05, 0) is 31.9 Å². The van der Waals surface area contributed by atoms with Gasteiger partial charge in [0.25, 0.3) is 0 Å². The number of aromatic carboxylic acids is 1. The van der Waals surface area contributed by atoms with Crippen LogP contribution in [0.1, 0.15) is 55.0 Å². The molecule has 1 aliphatic carbocycles. The first-order valence-electron chi connectivity index (χ1n) is 6.29. The lowest BCUT2D eigenvalue weighted by atomic mass is 10.0. The number of carboxylic acids is 1. The number of furan rings is 1. The Morgan fingerprint density at radius 2 is 2.17 bits per heavy atom. The average Bonchev–Trinajstić information content (AvgIpc) is 2.95. The Hall–Kier alpha value is -1.33. The molecule has 0 saturated heterocycles. The molecule has 100 valence electrons. The molecule has 5 nitrogen and oxygen atoms in total. The number of carbonyl (C=O) groups is 1. The van der Waals surface area contributed by atoms with E-state index in [1.54, 1.807) is 6.07 Å². The van der Waals surface area contributed by atoms with Crippen molar-refractivity contribution in [3.63, 3.8) is 0 Å². The van der Waals surface area contributed by atoms with Crippen LogP contribution < -0.4 is 5.32 Å². The van der Waals surface area contributed by atoms with Gasteiger partial charge in [-0.25, -0.2) is 4.79 Å². The highest BCUT2D eigenvalue weighted by molar-refractivity contribution is 5.84. The van der Waals surface area contributed by atoms with Crippen LogP contribution >= 0.6 is 0 Å². The van der Waals surface area contributed by atoms with E-state index in [1.807, 2.05) is 6.92 Å². The highest BCUT2D eigenvalue weighted by Gasteiger charge is 2.31. The largest absolute Gasteiger partial charge is 0.475 e. The minimum atomic E-state index is -1.07. The molecule has 0 radical (unpaired) electrons. The molecule has 5 heteroatoms. The van der Waals surface area contributed by atoms with Crippen molar-refractivity contribution in [2.75, 3.05) is 6.54 Å². The number of nitrogens with one attached hydrogen (secondary N) is 1. The molecule has 2 rings (SSSR count).